The lowest BCUT2D eigenvalue weighted by molar-refractivity contribution is 0.191. The van der Waals surface area contributed by atoms with E-state index in [1.54, 1.807) is 0 Å². The predicted octanol–water partition coefficient (Wildman–Crippen LogP) is 0.584. The Bertz CT molecular complexity index is 527. The summed E-state index contributed by atoms with van der Waals surface area (Å²) in [6.07, 6.45) is 1.58. The summed E-state index contributed by atoms with van der Waals surface area (Å²) in [7, 11) is 0. The first-order chi connectivity index (χ1) is 10.1. The minimum absolute atomic E-state index is 0.262. The zero-order valence-corrected chi connectivity index (χ0v) is 11.7. The van der Waals surface area contributed by atoms with Crippen molar-refractivity contribution in [3.05, 3.63) is 6.07 Å². The van der Waals surface area contributed by atoms with Gasteiger partial charge in [0.05, 0.1) is 0 Å². The summed E-state index contributed by atoms with van der Waals surface area (Å²) in [5.41, 5.74) is 5.75. The summed E-state index contributed by atoms with van der Waals surface area (Å²) < 4.78 is 0. The van der Waals surface area contributed by atoms with E-state index in [0.29, 0.717) is 12.5 Å². The van der Waals surface area contributed by atoms with Crippen LogP contribution in [0.5, 0.6) is 0 Å². The number of anilines is 3. The van der Waals surface area contributed by atoms with Crippen LogP contribution in [-0.2, 0) is 0 Å². The zero-order chi connectivity index (χ0) is 14.8. The highest BCUT2D eigenvalue weighted by atomic mass is 16.4. The van der Waals surface area contributed by atoms with Crippen molar-refractivity contribution >= 4 is 23.7 Å². The zero-order valence-electron chi connectivity index (χ0n) is 11.7. The van der Waals surface area contributed by atoms with Gasteiger partial charge in [-0.05, 0) is 18.8 Å². The smallest absolute Gasteiger partial charge is 0.404 e. The molecule has 1 aromatic heterocycles. The van der Waals surface area contributed by atoms with Crippen LogP contribution in [0.4, 0.5) is 22.4 Å². The number of amides is 1. The van der Waals surface area contributed by atoms with Gasteiger partial charge >= 0.3 is 6.09 Å². The number of carboxylic acid groups (broad SMARTS) is 1. The maximum absolute atomic E-state index is 10.4. The molecule has 0 radical (unpaired) electrons. The Morgan fingerprint density at radius 3 is 2.76 bits per heavy atom. The van der Waals surface area contributed by atoms with E-state index in [4.69, 9.17) is 10.8 Å². The van der Waals surface area contributed by atoms with E-state index in [0.717, 1.165) is 37.2 Å². The van der Waals surface area contributed by atoms with Gasteiger partial charge in [0.25, 0.3) is 0 Å². The van der Waals surface area contributed by atoms with E-state index in [2.05, 4.69) is 25.5 Å². The van der Waals surface area contributed by atoms with Crippen LogP contribution in [0.2, 0.25) is 0 Å². The molecule has 114 valence electrons. The third-order valence-corrected chi connectivity index (χ3v) is 3.82. The number of nitrogens with zero attached hydrogens (tertiary/aromatic N) is 3. The molecular weight excluding hydrogens is 272 g/mol. The highest BCUT2D eigenvalue weighted by Gasteiger charge is 2.28. The van der Waals surface area contributed by atoms with Crippen LogP contribution in [0.1, 0.15) is 12.8 Å². The molecule has 1 aromatic rings. The Morgan fingerprint density at radius 2 is 2.10 bits per heavy atom. The molecule has 1 amide bonds. The molecule has 2 fully saturated rings. The number of nitrogen functional groups attached to an aromatic ring is 1. The number of rotatable bonds is 6. The van der Waals surface area contributed by atoms with Crippen LogP contribution in [0.15, 0.2) is 6.07 Å². The summed E-state index contributed by atoms with van der Waals surface area (Å²) in [5, 5.41) is 14.3. The first-order valence-electron chi connectivity index (χ1n) is 7.20. The molecule has 8 heteroatoms. The van der Waals surface area contributed by atoms with Gasteiger partial charge < -0.3 is 26.4 Å². The van der Waals surface area contributed by atoms with Crippen molar-refractivity contribution in [1.29, 1.82) is 0 Å². The Hall–Kier alpha value is -2.25. The van der Waals surface area contributed by atoms with Crippen LogP contribution in [0, 0.1) is 11.8 Å². The average molecular weight is 292 g/mol. The van der Waals surface area contributed by atoms with Gasteiger partial charge in [0.2, 0.25) is 5.95 Å². The number of hydrogen-bond donors (Lipinski definition) is 4. The highest BCUT2D eigenvalue weighted by molar-refractivity contribution is 5.64. The summed E-state index contributed by atoms with van der Waals surface area (Å²) >= 11 is 0. The van der Waals surface area contributed by atoms with Crippen LogP contribution in [-0.4, -0.2) is 47.3 Å². The average Bonchev–Trinajstić information content (AvgIpc) is 3.17. The van der Waals surface area contributed by atoms with Crippen molar-refractivity contribution in [3.8, 4) is 0 Å². The second kappa shape index (κ2) is 5.63. The molecule has 0 spiro atoms. The molecule has 0 atom stereocenters. The number of nitrogens with one attached hydrogen (secondary N) is 2. The lowest BCUT2D eigenvalue weighted by Gasteiger charge is -2.40. The van der Waals surface area contributed by atoms with Crippen molar-refractivity contribution in [3.63, 3.8) is 0 Å². The minimum Gasteiger partial charge on any atom is -0.465 e. The van der Waals surface area contributed by atoms with Crippen molar-refractivity contribution in [1.82, 2.24) is 15.3 Å². The van der Waals surface area contributed by atoms with Crippen molar-refractivity contribution in [2.45, 2.75) is 12.8 Å². The molecule has 0 unspecified atom stereocenters. The maximum atomic E-state index is 10.4. The van der Waals surface area contributed by atoms with E-state index < -0.39 is 6.09 Å². The highest BCUT2D eigenvalue weighted by Crippen LogP contribution is 2.29. The van der Waals surface area contributed by atoms with E-state index >= 15 is 0 Å². The molecule has 0 bridgehead atoms. The summed E-state index contributed by atoms with van der Waals surface area (Å²) in [6, 6.07) is 1.90. The molecular formula is C13H20N6O2. The number of nitrogens with two attached hydrogens (primary N) is 1. The van der Waals surface area contributed by atoms with Crippen molar-refractivity contribution in [2.24, 2.45) is 11.8 Å². The second-order valence-corrected chi connectivity index (χ2v) is 5.75. The molecule has 1 aliphatic heterocycles. The van der Waals surface area contributed by atoms with Gasteiger partial charge in [0, 0.05) is 38.2 Å². The molecule has 5 N–H and O–H groups in total. The van der Waals surface area contributed by atoms with Crippen LogP contribution in [0.3, 0.4) is 0 Å². The quantitative estimate of drug-likeness (QED) is 0.606. The van der Waals surface area contributed by atoms with Crippen LogP contribution >= 0.6 is 0 Å². The molecule has 2 heterocycles. The third kappa shape index (κ3) is 3.65. The summed E-state index contributed by atoms with van der Waals surface area (Å²) in [5.74, 6) is 2.90. The normalized spacial score (nSPS) is 18.2. The molecule has 0 aromatic carbocycles. The van der Waals surface area contributed by atoms with Gasteiger partial charge in [-0.15, -0.1) is 0 Å². The van der Waals surface area contributed by atoms with Gasteiger partial charge in [-0.1, -0.05) is 0 Å². The van der Waals surface area contributed by atoms with Crippen LogP contribution < -0.4 is 21.3 Å². The van der Waals surface area contributed by atoms with E-state index in [1.165, 1.54) is 12.8 Å². The minimum atomic E-state index is -0.980. The monoisotopic (exact) mass is 292 g/mol. The van der Waals surface area contributed by atoms with Gasteiger partial charge in [-0.25, -0.2) is 4.79 Å². The Morgan fingerprint density at radius 1 is 1.33 bits per heavy atom. The van der Waals surface area contributed by atoms with Gasteiger partial charge in [-0.2, -0.15) is 9.97 Å². The standard InChI is InChI=1S/C13H20N6O2/c14-12-17-10(15-4-8-1-2-8)3-11(18-12)19-6-9(7-19)5-16-13(20)21/h3,8-9,16H,1-2,4-7H2,(H,20,21)(H3,14,15,17,18). The SMILES string of the molecule is Nc1nc(NCC2CC2)cc(N2CC(CNC(=O)O)C2)n1. The Kier molecular flexibility index (Phi) is 3.68. The maximum Gasteiger partial charge on any atom is 0.404 e. The number of aromatic nitrogens is 2. The molecule has 2 aliphatic rings. The fourth-order valence-corrected chi connectivity index (χ4v) is 2.39. The van der Waals surface area contributed by atoms with E-state index in [9.17, 15) is 4.79 Å². The van der Waals surface area contributed by atoms with Gasteiger partial charge in [0.1, 0.15) is 11.6 Å². The largest absolute Gasteiger partial charge is 0.465 e. The van der Waals surface area contributed by atoms with Crippen LogP contribution in [0.25, 0.3) is 0 Å². The summed E-state index contributed by atoms with van der Waals surface area (Å²) in [6.45, 7) is 2.96. The van der Waals surface area contributed by atoms with E-state index in [-0.39, 0.29) is 5.95 Å². The topological polar surface area (TPSA) is 116 Å². The number of hydrogen-bond acceptors (Lipinski definition) is 6. The van der Waals surface area contributed by atoms with Gasteiger partial charge in [0.15, 0.2) is 0 Å². The Labute approximate surface area is 122 Å². The molecule has 8 nitrogen and oxygen atoms in total. The second-order valence-electron chi connectivity index (χ2n) is 5.75. The van der Waals surface area contributed by atoms with Gasteiger partial charge in [-0.3, -0.25) is 0 Å². The first kappa shape index (κ1) is 13.7. The van der Waals surface area contributed by atoms with Crippen molar-refractivity contribution in [2.75, 3.05) is 42.1 Å². The molecule has 1 saturated carbocycles. The summed E-state index contributed by atoms with van der Waals surface area (Å²) in [4.78, 5) is 21.0. The fourth-order valence-electron chi connectivity index (χ4n) is 2.39. The lowest BCUT2D eigenvalue weighted by Crippen LogP contribution is -2.51. The van der Waals surface area contributed by atoms with Crippen molar-refractivity contribution < 1.29 is 9.90 Å². The molecule has 3 rings (SSSR count). The first-order valence-corrected chi connectivity index (χ1v) is 7.20. The van der Waals surface area contributed by atoms with E-state index in [1.807, 2.05) is 6.07 Å². The third-order valence-electron chi connectivity index (χ3n) is 3.82. The number of carbonyl (C=O) groups is 1. The molecule has 1 saturated heterocycles. The predicted molar refractivity (Wildman–Crippen MR) is 79.4 cm³/mol. The Balaban J connectivity index is 1.54. The molecule has 1 aliphatic carbocycles. The molecule has 21 heavy (non-hydrogen) atoms. The lowest BCUT2D eigenvalue weighted by atomic mass is 10.0. The fraction of sp³-hybridized carbons (Fsp3) is 0.615.